The predicted octanol–water partition coefficient (Wildman–Crippen LogP) is 4.33. The van der Waals surface area contributed by atoms with Gasteiger partial charge in [-0.2, -0.15) is 0 Å². The van der Waals surface area contributed by atoms with Crippen LogP contribution in [0.4, 0.5) is 10.1 Å². The minimum atomic E-state index is -0.306. The molecule has 0 aliphatic carbocycles. The van der Waals surface area contributed by atoms with E-state index in [1.165, 1.54) is 17.7 Å². The van der Waals surface area contributed by atoms with E-state index in [1.54, 1.807) is 12.1 Å². The molecule has 0 radical (unpaired) electrons. The van der Waals surface area contributed by atoms with E-state index in [9.17, 15) is 9.18 Å². The average molecular weight is 347 g/mol. The van der Waals surface area contributed by atoms with Crippen LogP contribution in [0, 0.1) is 11.7 Å². The number of amides is 1. The maximum absolute atomic E-state index is 12.9. The van der Waals surface area contributed by atoms with Gasteiger partial charge >= 0.3 is 0 Å². The minimum Gasteiger partial charge on any atom is -0.326 e. The molecule has 24 heavy (non-hydrogen) atoms. The van der Waals surface area contributed by atoms with Gasteiger partial charge in [-0.15, -0.1) is 0 Å². The van der Waals surface area contributed by atoms with Gasteiger partial charge in [0.25, 0.3) is 0 Å². The monoisotopic (exact) mass is 346 g/mol. The molecular weight excluding hydrogens is 327 g/mol. The van der Waals surface area contributed by atoms with E-state index >= 15 is 0 Å². The van der Waals surface area contributed by atoms with Crippen molar-refractivity contribution in [2.24, 2.45) is 5.92 Å². The number of halogens is 2. The fourth-order valence-electron chi connectivity index (χ4n) is 3.04. The van der Waals surface area contributed by atoms with Crippen molar-refractivity contribution in [3.63, 3.8) is 0 Å². The molecule has 0 saturated carbocycles. The Morgan fingerprint density at radius 2 is 1.88 bits per heavy atom. The molecule has 3 rings (SSSR count). The normalized spacial score (nSPS) is 18.3. The van der Waals surface area contributed by atoms with Crippen molar-refractivity contribution in [1.82, 2.24) is 4.90 Å². The molecule has 1 atom stereocenters. The van der Waals surface area contributed by atoms with Crippen molar-refractivity contribution < 1.29 is 9.18 Å². The lowest BCUT2D eigenvalue weighted by molar-refractivity contribution is -0.121. The molecule has 1 saturated heterocycles. The highest BCUT2D eigenvalue weighted by Gasteiger charge is 2.25. The van der Waals surface area contributed by atoms with Crippen LogP contribution in [0.5, 0.6) is 0 Å². The van der Waals surface area contributed by atoms with Gasteiger partial charge < -0.3 is 5.32 Å². The van der Waals surface area contributed by atoms with Crippen LogP contribution in [0.1, 0.15) is 18.4 Å². The number of hydrogen-bond donors (Lipinski definition) is 1. The second kappa shape index (κ2) is 7.77. The van der Waals surface area contributed by atoms with Crippen molar-refractivity contribution >= 4 is 23.2 Å². The van der Waals surface area contributed by atoms with Crippen LogP contribution in [-0.4, -0.2) is 23.9 Å². The summed E-state index contributed by atoms with van der Waals surface area (Å²) in [5.41, 5.74) is 1.83. The van der Waals surface area contributed by atoms with Crippen molar-refractivity contribution in [1.29, 1.82) is 0 Å². The number of nitrogens with one attached hydrogen (secondary N) is 1. The maximum atomic E-state index is 12.9. The van der Waals surface area contributed by atoms with Crippen LogP contribution >= 0.6 is 11.6 Å². The molecule has 2 aromatic rings. The Kier molecular flexibility index (Phi) is 5.48. The number of carbonyl (C=O) groups is 1. The molecule has 1 aliphatic rings. The third kappa shape index (κ3) is 4.56. The Hall–Kier alpha value is -1.91. The summed E-state index contributed by atoms with van der Waals surface area (Å²) >= 11 is 5.92. The van der Waals surface area contributed by atoms with Crippen LogP contribution in [0.25, 0.3) is 0 Å². The van der Waals surface area contributed by atoms with Gasteiger partial charge in [0.2, 0.25) is 5.91 Å². The van der Waals surface area contributed by atoms with Gasteiger partial charge in [0, 0.05) is 23.8 Å². The minimum absolute atomic E-state index is 0.00224. The highest BCUT2D eigenvalue weighted by Crippen LogP contribution is 2.21. The summed E-state index contributed by atoms with van der Waals surface area (Å²) in [5, 5.41) is 3.61. The second-order valence-electron chi connectivity index (χ2n) is 6.20. The zero-order valence-electron chi connectivity index (χ0n) is 13.3. The average Bonchev–Trinajstić information content (AvgIpc) is 2.59. The number of benzene rings is 2. The molecule has 126 valence electrons. The molecule has 0 bridgehead atoms. The Morgan fingerprint density at radius 1 is 1.17 bits per heavy atom. The number of hydrogen-bond acceptors (Lipinski definition) is 2. The molecule has 1 amide bonds. The summed E-state index contributed by atoms with van der Waals surface area (Å²) in [6.07, 6.45) is 1.87. The Bertz CT molecular complexity index is 688. The van der Waals surface area contributed by atoms with Crippen molar-refractivity contribution in [3.8, 4) is 0 Å². The number of nitrogens with zero attached hydrogens (tertiary/aromatic N) is 1. The molecule has 1 unspecified atom stereocenters. The molecule has 2 aromatic carbocycles. The van der Waals surface area contributed by atoms with Crippen LogP contribution in [0.15, 0.2) is 48.5 Å². The molecule has 0 aromatic heterocycles. The predicted molar refractivity (Wildman–Crippen MR) is 94.5 cm³/mol. The van der Waals surface area contributed by atoms with Gasteiger partial charge in [0.15, 0.2) is 0 Å². The molecule has 1 heterocycles. The van der Waals surface area contributed by atoms with Crippen LogP contribution in [0.2, 0.25) is 5.02 Å². The first-order valence-electron chi connectivity index (χ1n) is 8.13. The summed E-state index contributed by atoms with van der Waals surface area (Å²) < 4.78 is 12.9. The van der Waals surface area contributed by atoms with Crippen molar-refractivity contribution in [2.45, 2.75) is 19.4 Å². The molecular formula is C19H20ClFN2O. The summed E-state index contributed by atoms with van der Waals surface area (Å²) in [6.45, 7) is 2.54. The van der Waals surface area contributed by atoms with E-state index in [4.69, 9.17) is 11.6 Å². The van der Waals surface area contributed by atoms with E-state index in [-0.39, 0.29) is 17.6 Å². The van der Waals surface area contributed by atoms with Crippen LogP contribution in [0.3, 0.4) is 0 Å². The van der Waals surface area contributed by atoms with Crippen LogP contribution < -0.4 is 5.32 Å². The van der Waals surface area contributed by atoms with Crippen molar-refractivity contribution in [2.75, 3.05) is 18.4 Å². The molecule has 1 aliphatic heterocycles. The number of piperidine rings is 1. The Morgan fingerprint density at radius 3 is 2.58 bits per heavy atom. The third-order valence-electron chi connectivity index (χ3n) is 4.31. The fraction of sp³-hybridized carbons (Fsp3) is 0.316. The zero-order valence-corrected chi connectivity index (χ0v) is 14.1. The summed E-state index contributed by atoms with van der Waals surface area (Å²) in [5.74, 6) is -0.349. The first-order valence-corrected chi connectivity index (χ1v) is 8.51. The quantitative estimate of drug-likeness (QED) is 0.893. The van der Waals surface area contributed by atoms with Gasteiger partial charge in [0.05, 0.1) is 5.92 Å². The first kappa shape index (κ1) is 16.9. The zero-order chi connectivity index (χ0) is 16.9. The molecule has 3 nitrogen and oxygen atoms in total. The van der Waals surface area contributed by atoms with E-state index in [2.05, 4.69) is 10.2 Å². The molecule has 0 spiro atoms. The smallest absolute Gasteiger partial charge is 0.228 e. The lowest BCUT2D eigenvalue weighted by Gasteiger charge is -2.32. The number of carbonyl (C=O) groups excluding carboxylic acids is 1. The third-order valence-corrected chi connectivity index (χ3v) is 4.56. The van der Waals surface area contributed by atoms with Gasteiger partial charge in [-0.05, 0) is 61.3 Å². The standard InChI is InChI=1S/C19H20ClFN2O/c20-16-5-3-14(4-6-16)12-23-11-1-2-15(13-23)19(24)22-18-9-7-17(21)8-10-18/h3-10,15H,1-2,11-13H2,(H,22,24). The lowest BCUT2D eigenvalue weighted by atomic mass is 9.96. The van der Waals surface area contributed by atoms with Gasteiger partial charge in [0.1, 0.15) is 5.82 Å². The van der Waals surface area contributed by atoms with Crippen molar-refractivity contribution in [3.05, 3.63) is 64.9 Å². The summed E-state index contributed by atoms with van der Waals surface area (Å²) in [6, 6.07) is 13.7. The Balaban J connectivity index is 1.57. The largest absolute Gasteiger partial charge is 0.326 e. The van der Waals surface area contributed by atoms with Gasteiger partial charge in [-0.3, -0.25) is 9.69 Å². The van der Waals surface area contributed by atoms with E-state index < -0.39 is 0 Å². The second-order valence-corrected chi connectivity index (χ2v) is 6.63. The van der Waals surface area contributed by atoms with E-state index in [1.807, 2.05) is 24.3 Å². The number of anilines is 1. The fourth-order valence-corrected chi connectivity index (χ4v) is 3.16. The molecule has 1 N–H and O–H groups in total. The maximum Gasteiger partial charge on any atom is 0.228 e. The van der Waals surface area contributed by atoms with E-state index in [0.717, 1.165) is 37.5 Å². The Labute approximate surface area is 146 Å². The SMILES string of the molecule is O=C(Nc1ccc(F)cc1)C1CCCN(Cc2ccc(Cl)cc2)C1. The lowest BCUT2D eigenvalue weighted by Crippen LogP contribution is -2.40. The summed E-state index contributed by atoms with van der Waals surface area (Å²) in [4.78, 5) is 14.7. The number of rotatable bonds is 4. The summed E-state index contributed by atoms with van der Waals surface area (Å²) in [7, 11) is 0. The highest BCUT2D eigenvalue weighted by atomic mass is 35.5. The van der Waals surface area contributed by atoms with Gasteiger partial charge in [-0.1, -0.05) is 23.7 Å². The van der Waals surface area contributed by atoms with Gasteiger partial charge in [-0.25, -0.2) is 4.39 Å². The van der Waals surface area contributed by atoms with E-state index in [0.29, 0.717) is 5.69 Å². The highest BCUT2D eigenvalue weighted by molar-refractivity contribution is 6.30. The molecule has 5 heteroatoms. The molecule has 1 fully saturated rings. The first-order chi connectivity index (χ1) is 11.6. The number of likely N-dealkylation sites (tertiary alicyclic amines) is 1. The topological polar surface area (TPSA) is 32.3 Å². The van der Waals surface area contributed by atoms with Crippen LogP contribution in [-0.2, 0) is 11.3 Å².